The van der Waals surface area contributed by atoms with E-state index < -0.39 is 0 Å². The van der Waals surface area contributed by atoms with Crippen molar-refractivity contribution < 1.29 is 9.59 Å². The SMILES string of the molecule is CCC(C)(C)C1CC(CC(C)(C)C)C(=O)NC1=O. The van der Waals surface area contributed by atoms with Crippen LogP contribution in [0.4, 0.5) is 0 Å². The Hall–Kier alpha value is -0.860. The fraction of sp³-hybridized carbons (Fsp3) is 0.867. The Bertz CT molecular complexity index is 339. The number of piperidine rings is 1. The number of rotatable bonds is 3. The van der Waals surface area contributed by atoms with Crippen molar-refractivity contribution in [3.63, 3.8) is 0 Å². The molecule has 2 amide bonds. The van der Waals surface area contributed by atoms with Crippen LogP contribution in [0.2, 0.25) is 0 Å². The van der Waals surface area contributed by atoms with Gasteiger partial charge in [-0.25, -0.2) is 0 Å². The smallest absolute Gasteiger partial charge is 0.230 e. The first kappa shape index (κ1) is 15.2. The number of carbonyl (C=O) groups is 2. The lowest BCUT2D eigenvalue weighted by atomic mass is 9.68. The summed E-state index contributed by atoms with van der Waals surface area (Å²) >= 11 is 0. The molecule has 2 unspecified atom stereocenters. The molecule has 1 fully saturated rings. The summed E-state index contributed by atoms with van der Waals surface area (Å²) in [5, 5.41) is 2.56. The van der Waals surface area contributed by atoms with Crippen molar-refractivity contribution >= 4 is 11.8 Å². The molecule has 1 saturated heterocycles. The monoisotopic (exact) mass is 253 g/mol. The molecule has 0 aromatic rings. The third-order valence-electron chi connectivity index (χ3n) is 4.17. The summed E-state index contributed by atoms with van der Waals surface area (Å²) < 4.78 is 0. The topological polar surface area (TPSA) is 46.2 Å². The first-order valence-corrected chi connectivity index (χ1v) is 6.91. The second kappa shape index (κ2) is 5.02. The molecule has 0 aromatic carbocycles. The van der Waals surface area contributed by atoms with Crippen LogP contribution in [0.15, 0.2) is 0 Å². The third-order valence-corrected chi connectivity index (χ3v) is 4.17. The molecule has 104 valence electrons. The number of hydrogen-bond donors (Lipinski definition) is 1. The minimum Gasteiger partial charge on any atom is -0.296 e. The first-order chi connectivity index (χ1) is 8.07. The molecule has 0 spiro atoms. The summed E-state index contributed by atoms with van der Waals surface area (Å²) in [4.78, 5) is 23.9. The van der Waals surface area contributed by atoms with E-state index in [1.54, 1.807) is 0 Å². The fourth-order valence-corrected chi connectivity index (χ4v) is 2.64. The highest BCUT2D eigenvalue weighted by Crippen LogP contribution is 2.40. The van der Waals surface area contributed by atoms with E-state index in [0.717, 1.165) is 12.8 Å². The van der Waals surface area contributed by atoms with Gasteiger partial charge in [-0.2, -0.15) is 0 Å². The van der Waals surface area contributed by atoms with E-state index >= 15 is 0 Å². The van der Waals surface area contributed by atoms with E-state index in [2.05, 4.69) is 46.9 Å². The molecule has 18 heavy (non-hydrogen) atoms. The molecule has 0 saturated carbocycles. The standard InChI is InChI=1S/C15H27NO2/c1-7-15(5,6)11-8-10(9-14(2,3)4)12(17)16-13(11)18/h10-11H,7-9H2,1-6H3,(H,16,17,18). The highest BCUT2D eigenvalue weighted by molar-refractivity contribution is 6.00. The van der Waals surface area contributed by atoms with Gasteiger partial charge in [0.1, 0.15) is 0 Å². The largest absolute Gasteiger partial charge is 0.296 e. The van der Waals surface area contributed by atoms with Crippen LogP contribution in [0.3, 0.4) is 0 Å². The van der Waals surface area contributed by atoms with Crippen molar-refractivity contribution in [2.75, 3.05) is 0 Å². The predicted molar refractivity (Wildman–Crippen MR) is 72.9 cm³/mol. The predicted octanol–water partition coefficient (Wildman–Crippen LogP) is 3.14. The van der Waals surface area contributed by atoms with E-state index in [4.69, 9.17) is 0 Å². The highest BCUT2D eigenvalue weighted by Gasteiger charge is 2.42. The molecule has 1 heterocycles. The lowest BCUT2D eigenvalue weighted by molar-refractivity contribution is -0.144. The minimum atomic E-state index is -0.0861. The molecular weight excluding hydrogens is 226 g/mol. The quantitative estimate of drug-likeness (QED) is 0.785. The van der Waals surface area contributed by atoms with E-state index in [0.29, 0.717) is 6.42 Å². The number of carbonyl (C=O) groups excluding carboxylic acids is 2. The van der Waals surface area contributed by atoms with Crippen LogP contribution < -0.4 is 5.32 Å². The molecule has 1 aliphatic rings. The number of hydrogen-bond acceptors (Lipinski definition) is 2. The summed E-state index contributed by atoms with van der Waals surface area (Å²) in [6, 6.07) is 0. The Kier molecular flexibility index (Phi) is 4.24. The van der Waals surface area contributed by atoms with Gasteiger partial charge in [0.15, 0.2) is 0 Å². The summed E-state index contributed by atoms with van der Waals surface area (Å²) in [6.07, 6.45) is 2.48. The zero-order valence-corrected chi connectivity index (χ0v) is 12.6. The van der Waals surface area contributed by atoms with Crippen LogP contribution in [-0.2, 0) is 9.59 Å². The van der Waals surface area contributed by atoms with Gasteiger partial charge in [0, 0.05) is 11.8 Å². The molecular formula is C15H27NO2. The molecule has 0 aromatic heterocycles. The van der Waals surface area contributed by atoms with Crippen molar-refractivity contribution in [1.82, 2.24) is 5.32 Å². The van der Waals surface area contributed by atoms with Gasteiger partial charge < -0.3 is 0 Å². The summed E-state index contributed by atoms with van der Waals surface area (Å²) in [7, 11) is 0. The molecule has 0 radical (unpaired) electrons. The van der Waals surface area contributed by atoms with Gasteiger partial charge in [0.25, 0.3) is 0 Å². The van der Waals surface area contributed by atoms with E-state index in [1.165, 1.54) is 0 Å². The van der Waals surface area contributed by atoms with E-state index in [-0.39, 0.29) is 34.5 Å². The maximum Gasteiger partial charge on any atom is 0.230 e. The first-order valence-electron chi connectivity index (χ1n) is 6.91. The van der Waals surface area contributed by atoms with Gasteiger partial charge in [-0.05, 0) is 23.7 Å². The second-order valence-electron chi connectivity index (χ2n) is 7.45. The molecule has 3 heteroatoms. The Morgan fingerprint density at radius 2 is 1.67 bits per heavy atom. The molecule has 0 bridgehead atoms. The van der Waals surface area contributed by atoms with Gasteiger partial charge >= 0.3 is 0 Å². The molecule has 1 N–H and O–H groups in total. The number of amides is 2. The average Bonchev–Trinajstić information content (AvgIpc) is 2.20. The van der Waals surface area contributed by atoms with Crippen LogP contribution in [0.1, 0.15) is 60.8 Å². The highest BCUT2D eigenvalue weighted by atomic mass is 16.2. The van der Waals surface area contributed by atoms with E-state index in [1.807, 2.05) is 0 Å². The maximum absolute atomic E-state index is 12.0. The van der Waals surface area contributed by atoms with Gasteiger partial charge in [-0.15, -0.1) is 0 Å². The summed E-state index contributed by atoms with van der Waals surface area (Å²) in [5.74, 6) is -0.249. The lowest BCUT2D eigenvalue weighted by Gasteiger charge is -2.39. The van der Waals surface area contributed by atoms with Crippen LogP contribution in [0, 0.1) is 22.7 Å². The van der Waals surface area contributed by atoms with Crippen LogP contribution in [0.5, 0.6) is 0 Å². The molecule has 1 aliphatic heterocycles. The second-order valence-corrected chi connectivity index (χ2v) is 7.45. The maximum atomic E-state index is 12.0. The Morgan fingerprint density at radius 3 is 2.11 bits per heavy atom. The Balaban J connectivity index is 2.85. The molecule has 2 atom stereocenters. The number of nitrogens with one attached hydrogen (secondary N) is 1. The van der Waals surface area contributed by atoms with Crippen LogP contribution >= 0.6 is 0 Å². The van der Waals surface area contributed by atoms with E-state index in [9.17, 15) is 9.59 Å². The molecule has 1 rings (SSSR count). The van der Waals surface area contributed by atoms with Crippen molar-refractivity contribution in [2.45, 2.75) is 60.8 Å². The Morgan fingerprint density at radius 1 is 1.11 bits per heavy atom. The Labute approximate surface area is 111 Å². The minimum absolute atomic E-state index is 0.0291. The van der Waals surface area contributed by atoms with Gasteiger partial charge in [-0.1, -0.05) is 48.0 Å². The zero-order valence-electron chi connectivity index (χ0n) is 12.6. The lowest BCUT2D eigenvalue weighted by Crippen LogP contribution is -2.51. The van der Waals surface area contributed by atoms with Crippen LogP contribution in [-0.4, -0.2) is 11.8 Å². The number of imide groups is 1. The zero-order chi connectivity index (χ0) is 14.1. The van der Waals surface area contributed by atoms with Crippen molar-refractivity contribution in [3.8, 4) is 0 Å². The fourth-order valence-electron chi connectivity index (χ4n) is 2.64. The van der Waals surface area contributed by atoms with Crippen molar-refractivity contribution in [1.29, 1.82) is 0 Å². The van der Waals surface area contributed by atoms with Crippen LogP contribution in [0.25, 0.3) is 0 Å². The normalized spacial score (nSPS) is 26.1. The summed E-state index contributed by atoms with van der Waals surface area (Å²) in [5.41, 5.74) is 0.0736. The van der Waals surface area contributed by atoms with Crippen molar-refractivity contribution in [2.24, 2.45) is 22.7 Å². The summed E-state index contributed by atoms with van der Waals surface area (Å²) in [6.45, 7) is 12.7. The van der Waals surface area contributed by atoms with Gasteiger partial charge in [0.2, 0.25) is 11.8 Å². The third kappa shape index (κ3) is 3.56. The molecule has 0 aliphatic carbocycles. The van der Waals surface area contributed by atoms with Gasteiger partial charge in [0.05, 0.1) is 0 Å². The average molecular weight is 253 g/mol. The van der Waals surface area contributed by atoms with Gasteiger partial charge in [-0.3, -0.25) is 14.9 Å². The molecule has 3 nitrogen and oxygen atoms in total. The van der Waals surface area contributed by atoms with Crippen molar-refractivity contribution in [3.05, 3.63) is 0 Å².